The Bertz CT molecular complexity index is 637. The van der Waals surface area contributed by atoms with Crippen LogP contribution in [0.4, 0.5) is 0 Å². The fourth-order valence-electron chi connectivity index (χ4n) is 4.08. The number of carbonyl (C=O) groups excluding carboxylic acids is 1. The average Bonchev–Trinajstić information content (AvgIpc) is 2.59. The van der Waals surface area contributed by atoms with Crippen LogP contribution in [0.5, 0.6) is 0 Å². The number of amides is 1. The van der Waals surface area contributed by atoms with E-state index in [4.69, 9.17) is 4.74 Å². The molecule has 0 aromatic heterocycles. The number of benzene rings is 1. The number of aliphatic hydroxyl groups is 2. The number of ether oxygens (including phenoxy) is 1. The number of aryl methyl sites for hydroxylation is 2. The van der Waals surface area contributed by atoms with Crippen LogP contribution < -0.4 is 0 Å². The van der Waals surface area contributed by atoms with Crippen molar-refractivity contribution < 1.29 is 19.7 Å². The van der Waals surface area contributed by atoms with Gasteiger partial charge in [0, 0.05) is 25.9 Å². The van der Waals surface area contributed by atoms with Crippen molar-refractivity contribution in [2.24, 2.45) is 0 Å². The average molecular weight is 347 g/mol. The Morgan fingerprint density at radius 3 is 2.64 bits per heavy atom. The molecule has 2 N–H and O–H groups in total. The monoisotopic (exact) mass is 347 g/mol. The molecule has 1 aromatic carbocycles. The molecule has 3 rings (SSSR count). The normalized spacial score (nSPS) is 26.0. The van der Waals surface area contributed by atoms with Crippen LogP contribution in [-0.4, -0.2) is 58.5 Å². The van der Waals surface area contributed by atoms with Crippen LogP contribution in [0, 0.1) is 13.8 Å². The van der Waals surface area contributed by atoms with Crippen molar-refractivity contribution in [1.82, 2.24) is 4.90 Å². The molecular weight excluding hydrogens is 318 g/mol. The van der Waals surface area contributed by atoms with E-state index in [2.05, 4.69) is 18.2 Å². The minimum Gasteiger partial charge on any atom is -0.393 e. The smallest absolute Gasteiger partial charge is 0.227 e. The molecule has 5 heteroatoms. The van der Waals surface area contributed by atoms with Crippen molar-refractivity contribution in [1.29, 1.82) is 0 Å². The Morgan fingerprint density at radius 2 is 1.96 bits per heavy atom. The van der Waals surface area contributed by atoms with Gasteiger partial charge in [-0.15, -0.1) is 0 Å². The summed E-state index contributed by atoms with van der Waals surface area (Å²) in [5, 5.41) is 19.9. The van der Waals surface area contributed by atoms with Crippen molar-refractivity contribution >= 4 is 5.91 Å². The molecule has 0 saturated carbocycles. The lowest BCUT2D eigenvalue weighted by Gasteiger charge is -2.48. The third-order valence-corrected chi connectivity index (χ3v) is 5.79. The summed E-state index contributed by atoms with van der Waals surface area (Å²) < 4.78 is 5.98. The summed E-state index contributed by atoms with van der Waals surface area (Å²) in [6.07, 6.45) is 2.79. The Balaban J connectivity index is 1.60. The number of rotatable bonds is 3. The van der Waals surface area contributed by atoms with E-state index in [1.165, 1.54) is 5.56 Å². The van der Waals surface area contributed by atoms with E-state index in [1.807, 2.05) is 18.7 Å². The second-order valence-electron chi connectivity index (χ2n) is 7.83. The van der Waals surface area contributed by atoms with Crippen molar-refractivity contribution in [2.75, 3.05) is 26.3 Å². The fraction of sp³-hybridized carbons (Fsp3) is 0.650. The molecule has 1 amide bonds. The van der Waals surface area contributed by atoms with Gasteiger partial charge in [-0.1, -0.05) is 23.8 Å². The maximum Gasteiger partial charge on any atom is 0.227 e. The lowest BCUT2D eigenvalue weighted by atomic mass is 9.77. The van der Waals surface area contributed by atoms with E-state index in [9.17, 15) is 15.0 Å². The second kappa shape index (κ2) is 7.06. The zero-order valence-corrected chi connectivity index (χ0v) is 15.3. The molecular formula is C20H29NO4. The summed E-state index contributed by atoms with van der Waals surface area (Å²) in [7, 11) is 0. The highest BCUT2D eigenvalue weighted by atomic mass is 16.5. The third kappa shape index (κ3) is 4.05. The lowest BCUT2D eigenvalue weighted by molar-refractivity contribution is -0.189. The molecule has 2 fully saturated rings. The molecule has 1 atom stereocenters. The summed E-state index contributed by atoms with van der Waals surface area (Å²) >= 11 is 0. The van der Waals surface area contributed by atoms with Crippen molar-refractivity contribution in [2.45, 2.75) is 57.2 Å². The molecule has 2 aliphatic heterocycles. The van der Waals surface area contributed by atoms with Crippen LogP contribution in [0.1, 0.15) is 42.4 Å². The highest BCUT2D eigenvalue weighted by molar-refractivity contribution is 5.79. The molecule has 2 saturated heterocycles. The molecule has 2 aliphatic rings. The van der Waals surface area contributed by atoms with Gasteiger partial charge in [0.05, 0.1) is 30.8 Å². The zero-order valence-electron chi connectivity index (χ0n) is 15.3. The lowest BCUT2D eigenvalue weighted by Crippen LogP contribution is -2.56. The Labute approximate surface area is 149 Å². The maximum absolute atomic E-state index is 12.7. The van der Waals surface area contributed by atoms with Gasteiger partial charge < -0.3 is 19.8 Å². The zero-order chi connectivity index (χ0) is 18.1. The SMILES string of the molecule is Cc1ccc(C)c(CC(=O)N2CCC3(CC2)CC(O)(CO)CCO3)c1. The number of hydrogen-bond donors (Lipinski definition) is 2. The van der Waals surface area contributed by atoms with Crippen LogP contribution in [-0.2, 0) is 16.0 Å². The van der Waals surface area contributed by atoms with Gasteiger partial charge in [-0.05, 0) is 37.8 Å². The largest absolute Gasteiger partial charge is 0.393 e. The van der Waals surface area contributed by atoms with Gasteiger partial charge >= 0.3 is 0 Å². The molecule has 0 bridgehead atoms. The summed E-state index contributed by atoms with van der Waals surface area (Å²) in [5.74, 6) is 0.150. The molecule has 1 unspecified atom stereocenters. The van der Waals surface area contributed by atoms with Gasteiger partial charge in [0.15, 0.2) is 0 Å². The van der Waals surface area contributed by atoms with Gasteiger partial charge in [0.25, 0.3) is 0 Å². The summed E-state index contributed by atoms with van der Waals surface area (Å²) in [6, 6.07) is 6.22. The quantitative estimate of drug-likeness (QED) is 0.874. The van der Waals surface area contributed by atoms with Crippen LogP contribution in [0.15, 0.2) is 18.2 Å². The molecule has 1 spiro atoms. The third-order valence-electron chi connectivity index (χ3n) is 5.79. The van der Waals surface area contributed by atoms with E-state index in [0.29, 0.717) is 51.8 Å². The number of carbonyl (C=O) groups is 1. The van der Waals surface area contributed by atoms with Gasteiger partial charge in [0.1, 0.15) is 0 Å². The minimum absolute atomic E-state index is 0.150. The fourth-order valence-corrected chi connectivity index (χ4v) is 4.08. The number of aliphatic hydroxyl groups excluding tert-OH is 1. The number of likely N-dealkylation sites (tertiary alicyclic amines) is 1. The summed E-state index contributed by atoms with van der Waals surface area (Å²) in [6.45, 7) is 5.61. The Kier molecular flexibility index (Phi) is 5.19. The van der Waals surface area contributed by atoms with Crippen LogP contribution >= 0.6 is 0 Å². The number of piperidine rings is 1. The first-order valence-corrected chi connectivity index (χ1v) is 9.16. The predicted molar refractivity (Wildman–Crippen MR) is 95.4 cm³/mol. The van der Waals surface area contributed by atoms with Gasteiger partial charge in [-0.2, -0.15) is 0 Å². The first kappa shape index (κ1) is 18.4. The van der Waals surface area contributed by atoms with E-state index < -0.39 is 11.2 Å². The molecule has 25 heavy (non-hydrogen) atoms. The number of hydrogen-bond acceptors (Lipinski definition) is 4. The van der Waals surface area contributed by atoms with Gasteiger partial charge in [-0.3, -0.25) is 4.79 Å². The van der Waals surface area contributed by atoms with Gasteiger partial charge in [-0.25, -0.2) is 0 Å². The molecule has 0 aliphatic carbocycles. The topological polar surface area (TPSA) is 70.0 Å². The molecule has 1 aromatic rings. The summed E-state index contributed by atoms with van der Waals surface area (Å²) in [5.41, 5.74) is 1.98. The second-order valence-corrected chi connectivity index (χ2v) is 7.83. The van der Waals surface area contributed by atoms with E-state index in [1.54, 1.807) is 0 Å². The van der Waals surface area contributed by atoms with E-state index in [-0.39, 0.29) is 12.5 Å². The molecule has 138 valence electrons. The maximum atomic E-state index is 12.7. The summed E-state index contributed by atoms with van der Waals surface area (Å²) in [4.78, 5) is 14.6. The van der Waals surface area contributed by atoms with Gasteiger partial charge in [0.2, 0.25) is 5.91 Å². The van der Waals surface area contributed by atoms with Crippen LogP contribution in [0.3, 0.4) is 0 Å². The Morgan fingerprint density at radius 1 is 1.24 bits per heavy atom. The molecule has 5 nitrogen and oxygen atoms in total. The highest BCUT2D eigenvalue weighted by Crippen LogP contribution is 2.39. The van der Waals surface area contributed by atoms with E-state index >= 15 is 0 Å². The van der Waals surface area contributed by atoms with Crippen LogP contribution in [0.25, 0.3) is 0 Å². The molecule has 0 radical (unpaired) electrons. The van der Waals surface area contributed by atoms with Crippen molar-refractivity contribution in [3.63, 3.8) is 0 Å². The van der Waals surface area contributed by atoms with Crippen molar-refractivity contribution in [3.8, 4) is 0 Å². The standard InChI is InChI=1S/C20H29NO4/c1-15-3-4-16(2)17(11-15)12-18(23)21-8-5-20(6-9-21)13-19(24,14-22)7-10-25-20/h3-4,11,22,24H,5-10,12-14H2,1-2H3. The molecule has 2 heterocycles. The highest BCUT2D eigenvalue weighted by Gasteiger charge is 2.46. The first-order valence-electron chi connectivity index (χ1n) is 9.16. The minimum atomic E-state index is -1.04. The first-order chi connectivity index (χ1) is 11.8. The predicted octanol–water partition coefficient (Wildman–Crippen LogP) is 1.74. The Hall–Kier alpha value is -1.43. The van der Waals surface area contributed by atoms with Crippen molar-refractivity contribution in [3.05, 3.63) is 34.9 Å². The van der Waals surface area contributed by atoms with E-state index in [0.717, 1.165) is 11.1 Å². The van der Waals surface area contributed by atoms with Crippen LogP contribution in [0.2, 0.25) is 0 Å². The number of nitrogens with zero attached hydrogens (tertiary/aromatic N) is 1.